The van der Waals surface area contributed by atoms with Gasteiger partial charge in [-0.05, 0) is 31.2 Å². The maximum Gasteiger partial charge on any atom is 0.297 e. The summed E-state index contributed by atoms with van der Waals surface area (Å²) in [6.45, 7) is 7.22. The Hall–Kier alpha value is -2.79. The number of fused-ring (bicyclic) bond motifs is 1. The Morgan fingerprint density at radius 3 is 1.27 bits per heavy atom. The fourth-order valence-electron chi connectivity index (χ4n) is 4.00. The van der Waals surface area contributed by atoms with Crippen LogP contribution in [0.25, 0.3) is 0 Å². The van der Waals surface area contributed by atoms with Crippen molar-refractivity contribution in [3.8, 4) is 0 Å². The third-order valence-electron chi connectivity index (χ3n) is 6.35. The van der Waals surface area contributed by atoms with Gasteiger partial charge in [-0.1, -0.05) is 29.8 Å². The number of imide groups is 1. The summed E-state index contributed by atoms with van der Waals surface area (Å²) >= 11 is 0. The van der Waals surface area contributed by atoms with Crippen LogP contribution in [0.2, 0.25) is 0 Å². The lowest BCUT2D eigenvalue weighted by atomic mass is 10.1. The molecule has 1 heterocycles. The lowest BCUT2D eigenvalue weighted by Gasteiger charge is -2.13. The summed E-state index contributed by atoms with van der Waals surface area (Å²) < 4.78 is 67.1. The lowest BCUT2D eigenvalue weighted by Crippen LogP contribution is -2.33. The van der Waals surface area contributed by atoms with Gasteiger partial charge in [-0.3, -0.25) is 18.7 Å². The van der Waals surface area contributed by atoms with Crippen molar-refractivity contribution >= 4 is 21.9 Å². The van der Waals surface area contributed by atoms with E-state index in [1.807, 2.05) is 6.92 Å². The van der Waals surface area contributed by atoms with Gasteiger partial charge in [0.15, 0.2) is 0 Å². The SMILES string of the molecule is Cc1ccc(S(=O)(=O)OCCOCCOCCOCCOCCOCCOCCOCCN2C(=O)c3ccccc3C2=O)cc1. The molecule has 250 valence electrons. The molecule has 3 rings (SSSR count). The van der Waals surface area contributed by atoms with Crippen LogP contribution in [0.3, 0.4) is 0 Å². The van der Waals surface area contributed by atoms with Gasteiger partial charge < -0.3 is 33.2 Å². The van der Waals surface area contributed by atoms with E-state index in [-0.39, 0.29) is 43.1 Å². The first-order valence-electron chi connectivity index (χ1n) is 14.9. The quantitative estimate of drug-likeness (QED) is 0.0833. The first-order chi connectivity index (χ1) is 21.9. The van der Waals surface area contributed by atoms with Crippen molar-refractivity contribution in [1.29, 1.82) is 0 Å². The highest BCUT2D eigenvalue weighted by Crippen LogP contribution is 2.21. The fourth-order valence-corrected chi connectivity index (χ4v) is 4.89. The average Bonchev–Trinajstić information content (AvgIpc) is 3.28. The smallest absolute Gasteiger partial charge is 0.297 e. The minimum Gasteiger partial charge on any atom is -0.377 e. The molecule has 0 fully saturated rings. The molecule has 0 atom stereocenters. The number of aryl methyl sites for hydroxylation is 1. The summed E-state index contributed by atoms with van der Waals surface area (Å²) in [7, 11) is -3.78. The molecule has 0 saturated heterocycles. The van der Waals surface area contributed by atoms with Crippen molar-refractivity contribution in [2.75, 3.05) is 106 Å². The van der Waals surface area contributed by atoms with Gasteiger partial charge in [-0.15, -0.1) is 0 Å². The van der Waals surface area contributed by atoms with Gasteiger partial charge in [0.1, 0.15) is 0 Å². The summed E-state index contributed by atoms with van der Waals surface area (Å²) in [5, 5.41) is 0. The first kappa shape index (κ1) is 36.7. The van der Waals surface area contributed by atoms with Crippen molar-refractivity contribution in [2.45, 2.75) is 11.8 Å². The van der Waals surface area contributed by atoms with Crippen LogP contribution in [0.4, 0.5) is 0 Å². The van der Waals surface area contributed by atoms with Crippen LogP contribution in [0.1, 0.15) is 26.3 Å². The molecule has 0 spiro atoms. The van der Waals surface area contributed by atoms with Crippen molar-refractivity contribution in [1.82, 2.24) is 4.90 Å². The second kappa shape index (κ2) is 21.1. The highest BCUT2D eigenvalue weighted by molar-refractivity contribution is 7.86. The molecule has 2 amide bonds. The zero-order chi connectivity index (χ0) is 32.2. The van der Waals surface area contributed by atoms with E-state index in [9.17, 15) is 18.0 Å². The molecule has 2 aromatic rings. The number of rotatable bonds is 26. The van der Waals surface area contributed by atoms with E-state index < -0.39 is 10.1 Å². The minimum atomic E-state index is -3.78. The number of carbonyl (C=O) groups excluding carboxylic acids is 2. The van der Waals surface area contributed by atoms with E-state index in [0.29, 0.717) is 90.4 Å². The largest absolute Gasteiger partial charge is 0.377 e. The van der Waals surface area contributed by atoms with Gasteiger partial charge in [-0.25, -0.2) is 0 Å². The third kappa shape index (κ3) is 13.6. The summed E-state index contributed by atoms with van der Waals surface area (Å²) in [6, 6.07) is 13.2. The van der Waals surface area contributed by atoms with Crippen LogP contribution in [-0.4, -0.2) is 131 Å². The number of hydrogen-bond donors (Lipinski definition) is 0. The minimum absolute atomic E-state index is 0.0689. The van der Waals surface area contributed by atoms with Crippen LogP contribution < -0.4 is 0 Å². The third-order valence-corrected chi connectivity index (χ3v) is 7.67. The average molecular weight is 654 g/mol. The lowest BCUT2D eigenvalue weighted by molar-refractivity contribution is -0.0214. The highest BCUT2D eigenvalue weighted by atomic mass is 32.2. The van der Waals surface area contributed by atoms with Gasteiger partial charge in [0.25, 0.3) is 21.9 Å². The maximum atomic E-state index is 12.3. The predicted molar refractivity (Wildman–Crippen MR) is 162 cm³/mol. The molecule has 1 aliphatic rings. The molecule has 2 aromatic carbocycles. The summed E-state index contributed by atoms with van der Waals surface area (Å²) in [4.78, 5) is 25.9. The Bertz CT molecular complexity index is 1220. The Morgan fingerprint density at radius 1 is 0.511 bits per heavy atom. The van der Waals surface area contributed by atoms with E-state index in [0.717, 1.165) is 5.56 Å². The topological polar surface area (TPSA) is 145 Å². The number of nitrogens with zero attached hydrogens (tertiary/aromatic N) is 1. The normalized spacial score (nSPS) is 13.1. The van der Waals surface area contributed by atoms with Crippen LogP contribution >= 0.6 is 0 Å². The Labute approximate surface area is 264 Å². The molecular formula is C31H43NO12S. The van der Waals surface area contributed by atoms with Crippen molar-refractivity contribution < 1.29 is 55.3 Å². The van der Waals surface area contributed by atoms with E-state index in [2.05, 4.69) is 0 Å². The maximum absolute atomic E-state index is 12.3. The fraction of sp³-hybridized carbons (Fsp3) is 0.548. The molecule has 45 heavy (non-hydrogen) atoms. The first-order valence-corrected chi connectivity index (χ1v) is 16.3. The van der Waals surface area contributed by atoms with Gasteiger partial charge in [0.05, 0.1) is 122 Å². The van der Waals surface area contributed by atoms with Crippen molar-refractivity contribution in [3.05, 3.63) is 65.2 Å². The monoisotopic (exact) mass is 653 g/mol. The second-order valence-electron chi connectivity index (χ2n) is 9.68. The zero-order valence-electron chi connectivity index (χ0n) is 25.7. The molecule has 0 unspecified atom stereocenters. The van der Waals surface area contributed by atoms with Crippen molar-refractivity contribution in [3.63, 3.8) is 0 Å². The van der Waals surface area contributed by atoms with Crippen molar-refractivity contribution in [2.24, 2.45) is 0 Å². The number of carbonyl (C=O) groups is 2. The molecule has 0 radical (unpaired) electrons. The van der Waals surface area contributed by atoms with Gasteiger partial charge >= 0.3 is 0 Å². The molecule has 0 saturated carbocycles. The van der Waals surface area contributed by atoms with Crippen LogP contribution in [0.5, 0.6) is 0 Å². The molecule has 0 aromatic heterocycles. The summed E-state index contributed by atoms with van der Waals surface area (Å²) in [5.41, 5.74) is 1.84. The van der Waals surface area contributed by atoms with Crippen LogP contribution in [0.15, 0.2) is 53.4 Å². The molecule has 1 aliphatic heterocycles. The molecule has 0 bridgehead atoms. The van der Waals surface area contributed by atoms with Gasteiger partial charge in [0, 0.05) is 0 Å². The van der Waals surface area contributed by atoms with Crippen LogP contribution in [-0.2, 0) is 47.5 Å². The predicted octanol–water partition coefficient (Wildman–Crippen LogP) is 2.11. The molecule has 13 nitrogen and oxygen atoms in total. The zero-order valence-corrected chi connectivity index (χ0v) is 26.5. The standard InChI is InChI=1S/C31H43NO12S/c1-26-6-8-27(9-7-26)45(35,36)44-25-24-43-23-22-42-21-20-41-19-18-40-17-16-39-15-14-38-13-12-37-11-10-32-30(33)28-4-2-3-5-29(28)31(32)34/h2-9H,10-25H2,1H3. The Morgan fingerprint density at radius 2 is 0.867 bits per heavy atom. The molecule has 0 aliphatic carbocycles. The van der Waals surface area contributed by atoms with Gasteiger partial charge in [0.2, 0.25) is 0 Å². The summed E-state index contributed by atoms with van der Waals surface area (Å²) in [5.74, 6) is -0.574. The Kier molecular flexibility index (Phi) is 17.2. The van der Waals surface area contributed by atoms with E-state index in [1.165, 1.54) is 17.0 Å². The number of ether oxygens (including phenoxy) is 7. The van der Waals surface area contributed by atoms with Crippen LogP contribution in [0, 0.1) is 6.92 Å². The van der Waals surface area contributed by atoms with E-state index >= 15 is 0 Å². The second-order valence-corrected chi connectivity index (χ2v) is 11.3. The Balaban J connectivity index is 0.990. The highest BCUT2D eigenvalue weighted by Gasteiger charge is 2.34. The molecule has 14 heteroatoms. The molecular weight excluding hydrogens is 610 g/mol. The van der Waals surface area contributed by atoms with E-state index in [4.69, 9.17) is 37.3 Å². The number of hydrogen-bond acceptors (Lipinski definition) is 12. The van der Waals surface area contributed by atoms with Gasteiger partial charge in [-0.2, -0.15) is 8.42 Å². The number of amides is 2. The number of benzene rings is 2. The summed E-state index contributed by atoms with van der Waals surface area (Å²) in [6.07, 6.45) is 0. The molecule has 0 N–H and O–H groups in total. The van der Waals surface area contributed by atoms with E-state index in [1.54, 1.807) is 36.4 Å².